The molecule has 1 aromatic carbocycles. The fraction of sp³-hybridized carbons (Fsp3) is 0.417. The first-order valence-electron chi connectivity index (χ1n) is 4.93. The number of primary amides is 1. The fourth-order valence-corrected chi connectivity index (χ4v) is 1.92. The third-order valence-corrected chi connectivity index (χ3v) is 2.64. The summed E-state index contributed by atoms with van der Waals surface area (Å²) in [4.78, 5) is 11.3. The first-order chi connectivity index (χ1) is 6.57. The molecule has 2 heteroatoms. The van der Waals surface area contributed by atoms with Crippen molar-refractivity contribution in [3.63, 3.8) is 0 Å². The maximum absolute atomic E-state index is 11.3. The average Bonchev–Trinajstić information content (AvgIpc) is 2.10. The second-order valence-corrected chi connectivity index (χ2v) is 3.67. The van der Waals surface area contributed by atoms with Gasteiger partial charge in [-0.25, -0.2) is 0 Å². The van der Waals surface area contributed by atoms with Crippen LogP contribution >= 0.6 is 0 Å². The zero-order valence-corrected chi connectivity index (χ0v) is 9.00. The lowest BCUT2D eigenvalue weighted by molar-refractivity contribution is -0.119. The van der Waals surface area contributed by atoms with Crippen molar-refractivity contribution in [2.24, 2.45) is 5.73 Å². The summed E-state index contributed by atoms with van der Waals surface area (Å²) in [5.41, 5.74) is 8.78. The topological polar surface area (TPSA) is 43.1 Å². The lowest BCUT2D eigenvalue weighted by Crippen LogP contribution is -2.22. The Balaban J connectivity index is 3.22. The highest BCUT2D eigenvalue weighted by atomic mass is 16.1. The molecule has 0 aliphatic rings. The van der Waals surface area contributed by atoms with E-state index in [-0.39, 0.29) is 11.8 Å². The second-order valence-electron chi connectivity index (χ2n) is 3.67. The van der Waals surface area contributed by atoms with Gasteiger partial charge in [0.2, 0.25) is 5.91 Å². The molecule has 0 aliphatic carbocycles. The molecule has 0 heterocycles. The van der Waals surface area contributed by atoms with Crippen LogP contribution in [0.25, 0.3) is 0 Å². The van der Waals surface area contributed by atoms with Gasteiger partial charge in [0, 0.05) is 0 Å². The number of carbonyl (C=O) groups excluding carboxylic acids is 1. The third kappa shape index (κ3) is 1.95. The Morgan fingerprint density at radius 3 is 2.21 bits per heavy atom. The van der Waals surface area contributed by atoms with Crippen LogP contribution in [0.2, 0.25) is 0 Å². The largest absolute Gasteiger partial charge is 0.369 e. The van der Waals surface area contributed by atoms with Crippen molar-refractivity contribution >= 4 is 5.91 Å². The predicted octanol–water partition coefficient (Wildman–Crippen LogP) is 2.28. The number of hydrogen-bond acceptors (Lipinski definition) is 1. The van der Waals surface area contributed by atoms with Crippen molar-refractivity contribution in [3.05, 3.63) is 34.9 Å². The number of benzene rings is 1. The van der Waals surface area contributed by atoms with Gasteiger partial charge in [-0.2, -0.15) is 0 Å². The van der Waals surface area contributed by atoms with Gasteiger partial charge in [0.05, 0.1) is 5.92 Å². The van der Waals surface area contributed by atoms with Crippen molar-refractivity contribution in [3.8, 4) is 0 Å². The molecule has 2 nitrogen and oxygen atoms in total. The van der Waals surface area contributed by atoms with Crippen LogP contribution in [0.5, 0.6) is 0 Å². The maximum atomic E-state index is 11.3. The van der Waals surface area contributed by atoms with Crippen molar-refractivity contribution in [2.75, 3.05) is 0 Å². The van der Waals surface area contributed by atoms with Gasteiger partial charge in [-0.1, -0.05) is 25.1 Å². The van der Waals surface area contributed by atoms with Gasteiger partial charge < -0.3 is 5.73 Å². The summed E-state index contributed by atoms with van der Waals surface area (Å²) in [6.07, 6.45) is 0.765. The van der Waals surface area contributed by atoms with Gasteiger partial charge in [0.25, 0.3) is 0 Å². The van der Waals surface area contributed by atoms with E-state index in [2.05, 4.69) is 0 Å². The van der Waals surface area contributed by atoms with Crippen LogP contribution in [-0.2, 0) is 4.79 Å². The summed E-state index contributed by atoms with van der Waals surface area (Å²) in [6, 6.07) is 6.05. The molecule has 14 heavy (non-hydrogen) atoms. The molecule has 0 saturated carbocycles. The summed E-state index contributed by atoms with van der Waals surface area (Å²) in [5, 5.41) is 0. The van der Waals surface area contributed by atoms with E-state index in [9.17, 15) is 4.79 Å². The lowest BCUT2D eigenvalue weighted by atomic mass is 9.88. The normalized spacial score (nSPS) is 12.5. The van der Waals surface area contributed by atoms with E-state index in [0.29, 0.717) is 0 Å². The van der Waals surface area contributed by atoms with E-state index in [0.717, 1.165) is 23.1 Å². The zero-order chi connectivity index (χ0) is 10.7. The molecule has 1 rings (SSSR count). The standard InChI is InChI=1S/C12H17NO/c1-4-10(12(13)14)11-8(2)6-5-7-9(11)3/h5-7,10H,4H2,1-3H3,(H2,13,14)/t10-/m1/s1. The highest BCUT2D eigenvalue weighted by Crippen LogP contribution is 2.25. The Morgan fingerprint density at radius 1 is 1.36 bits per heavy atom. The van der Waals surface area contributed by atoms with E-state index < -0.39 is 0 Å². The number of aryl methyl sites for hydroxylation is 2. The zero-order valence-electron chi connectivity index (χ0n) is 9.00. The minimum atomic E-state index is -0.232. The molecule has 1 aromatic rings. The van der Waals surface area contributed by atoms with Gasteiger partial charge in [-0.3, -0.25) is 4.79 Å². The number of amides is 1. The molecule has 0 fully saturated rings. The van der Waals surface area contributed by atoms with Crippen LogP contribution in [0.1, 0.15) is 36.0 Å². The minimum Gasteiger partial charge on any atom is -0.369 e. The Hall–Kier alpha value is -1.31. The number of rotatable bonds is 3. The quantitative estimate of drug-likeness (QED) is 0.782. The molecule has 1 amide bonds. The molecule has 0 aromatic heterocycles. The van der Waals surface area contributed by atoms with E-state index in [4.69, 9.17) is 5.73 Å². The van der Waals surface area contributed by atoms with E-state index >= 15 is 0 Å². The Labute approximate surface area is 85.1 Å². The van der Waals surface area contributed by atoms with E-state index in [1.807, 2.05) is 39.0 Å². The smallest absolute Gasteiger partial charge is 0.224 e. The van der Waals surface area contributed by atoms with Crippen LogP contribution in [0.3, 0.4) is 0 Å². The van der Waals surface area contributed by atoms with Crippen LogP contribution < -0.4 is 5.73 Å². The Morgan fingerprint density at radius 2 is 1.86 bits per heavy atom. The maximum Gasteiger partial charge on any atom is 0.224 e. The van der Waals surface area contributed by atoms with Crippen LogP contribution in [0.15, 0.2) is 18.2 Å². The molecule has 2 N–H and O–H groups in total. The molecule has 0 saturated heterocycles. The SMILES string of the molecule is CC[C@@H](C(N)=O)c1c(C)cccc1C. The molecule has 1 atom stereocenters. The molecule has 0 aliphatic heterocycles. The van der Waals surface area contributed by atoms with Gasteiger partial charge in [-0.05, 0) is 37.0 Å². The molecular formula is C12H17NO. The average molecular weight is 191 g/mol. The summed E-state index contributed by atoms with van der Waals surface area (Å²) >= 11 is 0. The summed E-state index contributed by atoms with van der Waals surface area (Å²) in [5.74, 6) is -0.374. The molecule has 0 radical (unpaired) electrons. The monoisotopic (exact) mass is 191 g/mol. The fourth-order valence-electron chi connectivity index (χ4n) is 1.92. The van der Waals surface area contributed by atoms with Crippen molar-refractivity contribution < 1.29 is 4.79 Å². The molecule has 0 bridgehead atoms. The minimum absolute atomic E-state index is 0.142. The molecule has 76 valence electrons. The van der Waals surface area contributed by atoms with Crippen LogP contribution in [0, 0.1) is 13.8 Å². The predicted molar refractivity (Wildman–Crippen MR) is 58.1 cm³/mol. The third-order valence-electron chi connectivity index (χ3n) is 2.64. The Bertz CT molecular complexity index is 324. The van der Waals surface area contributed by atoms with E-state index in [1.54, 1.807) is 0 Å². The number of carbonyl (C=O) groups is 1. The Kier molecular flexibility index (Phi) is 3.28. The van der Waals surface area contributed by atoms with Gasteiger partial charge in [0.1, 0.15) is 0 Å². The molecular weight excluding hydrogens is 174 g/mol. The van der Waals surface area contributed by atoms with Gasteiger partial charge >= 0.3 is 0 Å². The first kappa shape index (κ1) is 10.8. The number of nitrogens with two attached hydrogens (primary N) is 1. The van der Waals surface area contributed by atoms with Crippen molar-refractivity contribution in [1.29, 1.82) is 0 Å². The molecule has 0 unspecified atom stereocenters. The first-order valence-corrected chi connectivity index (χ1v) is 4.93. The van der Waals surface area contributed by atoms with Gasteiger partial charge in [0.15, 0.2) is 0 Å². The summed E-state index contributed by atoms with van der Waals surface area (Å²) in [6.45, 7) is 6.03. The van der Waals surface area contributed by atoms with Crippen LogP contribution in [0.4, 0.5) is 0 Å². The highest BCUT2D eigenvalue weighted by molar-refractivity contribution is 5.82. The highest BCUT2D eigenvalue weighted by Gasteiger charge is 2.18. The van der Waals surface area contributed by atoms with Gasteiger partial charge in [-0.15, -0.1) is 0 Å². The summed E-state index contributed by atoms with van der Waals surface area (Å²) < 4.78 is 0. The molecule has 0 spiro atoms. The van der Waals surface area contributed by atoms with Crippen LogP contribution in [-0.4, -0.2) is 5.91 Å². The van der Waals surface area contributed by atoms with Crippen molar-refractivity contribution in [1.82, 2.24) is 0 Å². The summed E-state index contributed by atoms with van der Waals surface area (Å²) in [7, 11) is 0. The second kappa shape index (κ2) is 4.27. The number of hydrogen-bond donors (Lipinski definition) is 1. The lowest BCUT2D eigenvalue weighted by Gasteiger charge is -2.16. The van der Waals surface area contributed by atoms with E-state index in [1.165, 1.54) is 0 Å². The van der Waals surface area contributed by atoms with Crippen molar-refractivity contribution in [2.45, 2.75) is 33.1 Å².